The molecular formula is C16H18N4O2. The Kier molecular flexibility index (Phi) is 3.02. The van der Waals surface area contributed by atoms with Crippen molar-refractivity contribution in [2.45, 2.75) is 19.1 Å². The summed E-state index contributed by atoms with van der Waals surface area (Å²) in [7, 11) is 1.84. The van der Waals surface area contributed by atoms with Crippen LogP contribution in [0.2, 0.25) is 0 Å². The van der Waals surface area contributed by atoms with Crippen LogP contribution in [0.5, 0.6) is 0 Å². The van der Waals surface area contributed by atoms with E-state index < -0.39 is 0 Å². The molecule has 6 heteroatoms. The molecule has 0 radical (unpaired) electrons. The molecule has 2 N–H and O–H groups in total. The predicted octanol–water partition coefficient (Wildman–Crippen LogP) is 0.981. The van der Waals surface area contributed by atoms with E-state index in [2.05, 4.69) is 15.0 Å². The van der Waals surface area contributed by atoms with E-state index in [1.165, 1.54) is 0 Å². The van der Waals surface area contributed by atoms with Crippen LogP contribution in [0.1, 0.15) is 12.1 Å². The van der Waals surface area contributed by atoms with Crippen LogP contribution in [0, 0.1) is 0 Å². The zero-order chi connectivity index (χ0) is 15.3. The fourth-order valence-electron chi connectivity index (χ4n) is 3.36. The summed E-state index contributed by atoms with van der Waals surface area (Å²) < 4.78 is 1.73. The topological polar surface area (TPSA) is 74.2 Å². The summed E-state index contributed by atoms with van der Waals surface area (Å²) in [5.41, 5.74) is 1.60. The number of H-pyrrole nitrogens is 1. The summed E-state index contributed by atoms with van der Waals surface area (Å²) >= 11 is 0. The van der Waals surface area contributed by atoms with Gasteiger partial charge in [0.1, 0.15) is 5.65 Å². The van der Waals surface area contributed by atoms with Crippen LogP contribution in [0.3, 0.4) is 0 Å². The predicted molar refractivity (Wildman–Crippen MR) is 84.7 cm³/mol. The summed E-state index contributed by atoms with van der Waals surface area (Å²) in [4.78, 5) is 17.3. The van der Waals surface area contributed by atoms with Crippen molar-refractivity contribution in [2.75, 3.05) is 13.1 Å². The monoisotopic (exact) mass is 298 g/mol. The van der Waals surface area contributed by atoms with Gasteiger partial charge >= 0.3 is 0 Å². The minimum atomic E-state index is -0.244. The van der Waals surface area contributed by atoms with Crippen LogP contribution in [-0.2, 0) is 13.6 Å². The number of aromatic amines is 1. The van der Waals surface area contributed by atoms with Crippen LogP contribution in [-0.4, -0.2) is 44.0 Å². The van der Waals surface area contributed by atoms with E-state index in [1.54, 1.807) is 4.68 Å². The normalized spacial score (nSPS) is 19.5. The van der Waals surface area contributed by atoms with Crippen LogP contribution in [0.15, 0.2) is 29.1 Å². The average Bonchev–Trinajstić information content (AvgIpc) is 3.04. The van der Waals surface area contributed by atoms with Crippen molar-refractivity contribution in [3.8, 4) is 0 Å². The molecule has 3 aromatic rings. The highest BCUT2D eigenvalue weighted by Crippen LogP contribution is 2.26. The number of β-amino-alcohol motifs (C(OH)–C–C–N with tert-alkyl or cyclic N) is 1. The maximum absolute atomic E-state index is 12.2. The molecule has 1 atom stereocenters. The highest BCUT2D eigenvalue weighted by Gasteiger charge is 2.23. The quantitative estimate of drug-likeness (QED) is 0.739. The number of fused-ring (bicyclic) bond motifs is 3. The fraction of sp³-hybridized carbons (Fsp3) is 0.375. The number of benzene rings is 1. The molecule has 2 aromatic heterocycles. The summed E-state index contributed by atoms with van der Waals surface area (Å²) in [5, 5.41) is 16.9. The number of hydrogen-bond donors (Lipinski definition) is 2. The molecule has 1 aliphatic rings. The molecule has 1 aliphatic heterocycles. The highest BCUT2D eigenvalue weighted by atomic mass is 16.3. The Bertz CT molecular complexity index is 912. The number of aromatic nitrogens is 3. The van der Waals surface area contributed by atoms with E-state index in [-0.39, 0.29) is 11.7 Å². The summed E-state index contributed by atoms with van der Waals surface area (Å²) in [6.45, 7) is 2.24. The molecule has 114 valence electrons. The van der Waals surface area contributed by atoms with E-state index in [1.807, 2.05) is 31.3 Å². The van der Waals surface area contributed by atoms with Crippen molar-refractivity contribution in [1.82, 2.24) is 19.7 Å². The number of rotatable bonds is 2. The number of likely N-dealkylation sites (tertiary alicyclic amines) is 1. The Morgan fingerprint density at radius 1 is 1.36 bits per heavy atom. The highest BCUT2D eigenvalue weighted by molar-refractivity contribution is 6.05. The summed E-state index contributed by atoms with van der Waals surface area (Å²) in [5.74, 6) is 0. The summed E-state index contributed by atoms with van der Waals surface area (Å²) in [6.07, 6.45) is 0.564. The molecule has 3 heterocycles. The van der Waals surface area contributed by atoms with Crippen molar-refractivity contribution in [1.29, 1.82) is 0 Å². The molecule has 1 unspecified atom stereocenters. The van der Waals surface area contributed by atoms with Crippen molar-refractivity contribution in [2.24, 2.45) is 7.05 Å². The molecule has 0 saturated carbocycles. The molecule has 0 amide bonds. The van der Waals surface area contributed by atoms with Crippen LogP contribution >= 0.6 is 0 Å². The van der Waals surface area contributed by atoms with Crippen LogP contribution in [0.25, 0.3) is 21.8 Å². The van der Waals surface area contributed by atoms with E-state index in [9.17, 15) is 9.90 Å². The van der Waals surface area contributed by atoms with Gasteiger partial charge in [0.2, 0.25) is 0 Å². The Morgan fingerprint density at radius 2 is 2.14 bits per heavy atom. The minimum Gasteiger partial charge on any atom is -0.392 e. The molecule has 6 nitrogen and oxygen atoms in total. The first-order valence-corrected chi connectivity index (χ1v) is 7.50. The third kappa shape index (κ3) is 2.03. The number of aryl methyl sites for hydroxylation is 1. The lowest BCUT2D eigenvalue weighted by Crippen LogP contribution is -2.22. The van der Waals surface area contributed by atoms with Crippen molar-refractivity contribution in [3.63, 3.8) is 0 Å². The lowest BCUT2D eigenvalue weighted by Gasteiger charge is -2.13. The van der Waals surface area contributed by atoms with Gasteiger partial charge < -0.3 is 10.1 Å². The third-order valence-electron chi connectivity index (χ3n) is 4.41. The first-order chi connectivity index (χ1) is 10.6. The van der Waals surface area contributed by atoms with E-state index in [0.29, 0.717) is 18.5 Å². The zero-order valence-corrected chi connectivity index (χ0v) is 12.4. The minimum absolute atomic E-state index is 0.0887. The Morgan fingerprint density at radius 3 is 2.86 bits per heavy atom. The molecule has 4 rings (SSSR count). The third-order valence-corrected chi connectivity index (χ3v) is 4.41. The molecule has 0 bridgehead atoms. The van der Waals surface area contributed by atoms with Gasteiger partial charge in [-0.3, -0.25) is 14.4 Å². The second kappa shape index (κ2) is 4.93. The molecule has 22 heavy (non-hydrogen) atoms. The van der Waals surface area contributed by atoms with Gasteiger partial charge in [-0.15, -0.1) is 0 Å². The number of aliphatic hydroxyl groups excluding tert-OH is 1. The van der Waals surface area contributed by atoms with Gasteiger partial charge in [-0.1, -0.05) is 18.2 Å². The van der Waals surface area contributed by atoms with Crippen molar-refractivity contribution < 1.29 is 5.11 Å². The van der Waals surface area contributed by atoms with E-state index in [0.717, 1.165) is 35.1 Å². The first kappa shape index (κ1) is 13.5. The maximum Gasteiger partial charge on any atom is 0.257 e. The largest absolute Gasteiger partial charge is 0.392 e. The lowest BCUT2D eigenvalue weighted by molar-refractivity contribution is 0.174. The average molecular weight is 298 g/mol. The van der Waals surface area contributed by atoms with Gasteiger partial charge in [0.15, 0.2) is 0 Å². The second-order valence-corrected chi connectivity index (χ2v) is 5.97. The van der Waals surface area contributed by atoms with Gasteiger partial charge in [-0.2, -0.15) is 5.10 Å². The van der Waals surface area contributed by atoms with Gasteiger partial charge in [0.05, 0.1) is 11.8 Å². The van der Waals surface area contributed by atoms with Crippen molar-refractivity contribution in [3.05, 3.63) is 40.3 Å². The molecule has 1 fully saturated rings. The zero-order valence-electron chi connectivity index (χ0n) is 12.4. The number of nitrogens with zero attached hydrogens (tertiary/aromatic N) is 3. The van der Waals surface area contributed by atoms with Crippen LogP contribution < -0.4 is 5.56 Å². The molecule has 0 aliphatic carbocycles. The van der Waals surface area contributed by atoms with Gasteiger partial charge in [-0.25, -0.2) is 0 Å². The Hall–Kier alpha value is -2.18. The number of pyridine rings is 1. The first-order valence-electron chi connectivity index (χ1n) is 7.50. The molecule has 1 aromatic carbocycles. The Labute approximate surface area is 127 Å². The maximum atomic E-state index is 12.2. The van der Waals surface area contributed by atoms with E-state index in [4.69, 9.17) is 0 Å². The number of nitrogens with one attached hydrogen (secondary N) is 1. The number of hydrogen-bond acceptors (Lipinski definition) is 4. The molecule has 1 saturated heterocycles. The Balaban J connectivity index is 1.92. The van der Waals surface area contributed by atoms with Gasteiger partial charge in [-0.05, 0) is 12.5 Å². The SMILES string of the molecule is Cn1nc(CN2CCC(O)C2)c2c3ccccc3c(=O)[nH]c21. The number of aliphatic hydroxyl groups is 1. The fourth-order valence-corrected chi connectivity index (χ4v) is 3.36. The molecular weight excluding hydrogens is 280 g/mol. The van der Waals surface area contributed by atoms with E-state index >= 15 is 0 Å². The lowest BCUT2D eigenvalue weighted by atomic mass is 10.1. The van der Waals surface area contributed by atoms with Crippen LogP contribution in [0.4, 0.5) is 0 Å². The second-order valence-electron chi connectivity index (χ2n) is 5.97. The standard InChI is InChI=1S/C16H18N4O2/c1-19-15-14(11-4-2-3-5-12(11)16(22)17-15)13(18-19)9-20-7-6-10(21)8-20/h2-5,10,21H,6-9H2,1H3,(H,17,22). The molecule has 0 spiro atoms. The smallest absolute Gasteiger partial charge is 0.257 e. The van der Waals surface area contributed by atoms with Gasteiger partial charge in [0.25, 0.3) is 5.56 Å². The van der Waals surface area contributed by atoms with Crippen molar-refractivity contribution >= 4 is 21.8 Å². The van der Waals surface area contributed by atoms with Gasteiger partial charge in [0, 0.05) is 42.8 Å². The summed E-state index contributed by atoms with van der Waals surface area (Å²) in [6, 6.07) is 7.62.